The SMILES string of the molecule is CC(C)[C@H](Sc1nnc(-c2ccco2)n1C)C(=O)NC(N)=O. The number of aromatic nitrogens is 3. The molecule has 0 spiro atoms. The van der Waals surface area contributed by atoms with Crippen LogP contribution in [0, 0.1) is 5.92 Å². The molecule has 0 aliphatic carbocycles. The number of carbonyl (C=O) groups excluding carboxylic acids is 2. The Balaban J connectivity index is 2.21. The van der Waals surface area contributed by atoms with Gasteiger partial charge in [0.05, 0.1) is 11.5 Å². The number of nitrogens with two attached hydrogens (primary N) is 1. The third kappa shape index (κ3) is 3.48. The first-order chi connectivity index (χ1) is 10.4. The average Bonchev–Trinajstić information content (AvgIpc) is 3.04. The topological polar surface area (TPSA) is 116 Å². The molecule has 0 aromatic carbocycles. The molecule has 2 aromatic heterocycles. The molecule has 3 N–H and O–H groups in total. The summed E-state index contributed by atoms with van der Waals surface area (Å²) in [5.41, 5.74) is 5.00. The van der Waals surface area contributed by atoms with Gasteiger partial charge in [-0.15, -0.1) is 10.2 Å². The van der Waals surface area contributed by atoms with Gasteiger partial charge in [0.1, 0.15) is 0 Å². The van der Waals surface area contributed by atoms with Crippen LogP contribution in [0.3, 0.4) is 0 Å². The summed E-state index contributed by atoms with van der Waals surface area (Å²) in [7, 11) is 1.78. The zero-order valence-corrected chi connectivity index (χ0v) is 13.3. The zero-order valence-electron chi connectivity index (χ0n) is 12.4. The van der Waals surface area contributed by atoms with E-state index in [9.17, 15) is 9.59 Å². The number of primary amides is 1. The average molecular weight is 323 g/mol. The lowest BCUT2D eigenvalue weighted by molar-refractivity contribution is -0.120. The normalized spacial score (nSPS) is 12.4. The van der Waals surface area contributed by atoms with Crippen LogP contribution >= 0.6 is 11.8 Å². The van der Waals surface area contributed by atoms with Crippen LogP contribution in [-0.4, -0.2) is 32.0 Å². The van der Waals surface area contributed by atoms with Gasteiger partial charge in [-0.2, -0.15) is 0 Å². The standard InChI is InChI=1S/C13H17N5O3S/c1-7(2)9(11(19)15-12(14)20)22-13-17-16-10(18(13)3)8-5-4-6-21-8/h4-7,9H,1-3H3,(H3,14,15,19,20)/t9-/m0/s1. The van der Waals surface area contributed by atoms with Gasteiger partial charge in [0.15, 0.2) is 16.7 Å². The maximum atomic E-state index is 12.0. The van der Waals surface area contributed by atoms with Crippen molar-refractivity contribution in [2.75, 3.05) is 0 Å². The van der Waals surface area contributed by atoms with Gasteiger partial charge in [-0.25, -0.2) is 4.79 Å². The lowest BCUT2D eigenvalue weighted by atomic mass is 10.1. The Kier molecular flexibility index (Phi) is 4.86. The summed E-state index contributed by atoms with van der Waals surface area (Å²) in [6.07, 6.45) is 1.55. The molecule has 2 aromatic rings. The van der Waals surface area contributed by atoms with Crippen molar-refractivity contribution < 1.29 is 14.0 Å². The van der Waals surface area contributed by atoms with Gasteiger partial charge >= 0.3 is 6.03 Å². The summed E-state index contributed by atoms with van der Waals surface area (Å²) < 4.78 is 7.03. The molecule has 0 fully saturated rings. The number of amides is 3. The number of thioether (sulfide) groups is 1. The Morgan fingerprint density at radius 1 is 1.41 bits per heavy atom. The minimum atomic E-state index is -0.870. The fourth-order valence-corrected chi connectivity index (χ4v) is 2.83. The highest BCUT2D eigenvalue weighted by Crippen LogP contribution is 2.29. The monoisotopic (exact) mass is 323 g/mol. The Morgan fingerprint density at radius 2 is 2.14 bits per heavy atom. The van der Waals surface area contributed by atoms with Crippen molar-refractivity contribution in [1.82, 2.24) is 20.1 Å². The molecule has 0 radical (unpaired) electrons. The maximum absolute atomic E-state index is 12.0. The molecular formula is C13H17N5O3S. The van der Waals surface area contributed by atoms with Gasteiger partial charge < -0.3 is 14.7 Å². The van der Waals surface area contributed by atoms with Crippen molar-refractivity contribution in [3.8, 4) is 11.6 Å². The molecule has 0 saturated carbocycles. The van der Waals surface area contributed by atoms with Gasteiger partial charge in [-0.05, 0) is 18.1 Å². The van der Waals surface area contributed by atoms with E-state index in [4.69, 9.17) is 10.2 Å². The Labute approximate surface area is 131 Å². The second-order valence-corrected chi connectivity index (χ2v) is 6.09. The Hall–Kier alpha value is -2.29. The van der Waals surface area contributed by atoms with Gasteiger partial charge in [-0.3, -0.25) is 10.1 Å². The van der Waals surface area contributed by atoms with E-state index in [0.717, 1.165) is 0 Å². The number of urea groups is 1. The van der Waals surface area contributed by atoms with Crippen LogP contribution < -0.4 is 11.1 Å². The number of imide groups is 1. The van der Waals surface area contributed by atoms with Crippen molar-refractivity contribution in [2.45, 2.75) is 24.3 Å². The van der Waals surface area contributed by atoms with E-state index in [-0.39, 0.29) is 5.92 Å². The minimum absolute atomic E-state index is 0.0203. The molecule has 9 heteroatoms. The zero-order chi connectivity index (χ0) is 16.3. The molecule has 0 saturated heterocycles. The van der Waals surface area contributed by atoms with Crippen LogP contribution in [0.1, 0.15) is 13.8 Å². The van der Waals surface area contributed by atoms with E-state index in [2.05, 4.69) is 15.5 Å². The third-order valence-electron chi connectivity index (χ3n) is 2.92. The quantitative estimate of drug-likeness (QED) is 0.803. The lowest BCUT2D eigenvalue weighted by Gasteiger charge is -2.17. The highest BCUT2D eigenvalue weighted by molar-refractivity contribution is 8.00. The van der Waals surface area contributed by atoms with Gasteiger partial charge in [0.2, 0.25) is 5.91 Å². The third-order valence-corrected chi connectivity index (χ3v) is 4.50. The number of rotatable bonds is 5. The first-order valence-electron chi connectivity index (χ1n) is 6.60. The summed E-state index contributed by atoms with van der Waals surface area (Å²) in [6.45, 7) is 3.75. The van der Waals surface area contributed by atoms with E-state index >= 15 is 0 Å². The van der Waals surface area contributed by atoms with Crippen LogP contribution in [0.2, 0.25) is 0 Å². The fraction of sp³-hybridized carbons (Fsp3) is 0.385. The Morgan fingerprint density at radius 3 is 2.68 bits per heavy atom. The smallest absolute Gasteiger partial charge is 0.318 e. The van der Waals surface area contributed by atoms with Crippen LogP contribution in [0.4, 0.5) is 4.79 Å². The lowest BCUT2D eigenvalue weighted by Crippen LogP contribution is -2.42. The van der Waals surface area contributed by atoms with Crippen molar-refractivity contribution in [3.05, 3.63) is 18.4 Å². The van der Waals surface area contributed by atoms with E-state index in [1.807, 2.05) is 13.8 Å². The van der Waals surface area contributed by atoms with Gasteiger partial charge in [0.25, 0.3) is 0 Å². The Bertz CT molecular complexity index is 665. The molecule has 0 unspecified atom stereocenters. The van der Waals surface area contributed by atoms with E-state index in [0.29, 0.717) is 16.7 Å². The summed E-state index contributed by atoms with van der Waals surface area (Å²) in [5, 5.41) is 10.3. The molecule has 8 nitrogen and oxygen atoms in total. The number of nitrogens with zero attached hydrogens (tertiary/aromatic N) is 3. The first kappa shape index (κ1) is 16.1. The highest BCUT2D eigenvalue weighted by Gasteiger charge is 2.27. The first-order valence-corrected chi connectivity index (χ1v) is 7.48. The van der Waals surface area contributed by atoms with Crippen LogP contribution in [0.5, 0.6) is 0 Å². The summed E-state index contributed by atoms with van der Waals surface area (Å²) in [5.74, 6) is 0.679. The van der Waals surface area contributed by atoms with E-state index in [1.54, 1.807) is 30.0 Å². The van der Waals surface area contributed by atoms with Gasteiger partial charge in [0, 0.05) is 7.05 Å². The number of nitrogens with one attached hydrogen (secondary N) is 1. The second-order valence-electron chi connectivity index (χ2n) is 4.98. The van der Waals surface area contributed by atoms with Crippen molar-refractivity contribution >= 4 is 23.7 Å². The summed E-state index contributed by atoms with van der Waals surface area (Å²) >= 11 is 1.22. The minimum Gasteiger partial charge on any atom is -0.461 e. The predicted octanol–water partition coefficient (Wildman–Crippen LogP) is 1.39. The fourth-order valence-electron chi connectivity index (χ4n) is 1.84. The molecule has 3 amide bonds. The van der Waals surface area contributed by atoms with Crippen LogP contribution in [-0.2, 0) is 11.8 Å². The van der Waals surface area contributed by atoms with E-state index in [1.165, 1.54) is 11.8 Å². The number of hydrogen-bond donors (Lipinski definition) is 2. The van der Waals surface area contributed by atoms with Crippen molar-refractivity contribution in [2.24, 2.45) is 18.7 Å². The van der Waals surface area contributed by atoms with E-state index < -0.39 is 17.2 Å². The largest absolute Gasteiger partial charge is 0.461 e. The van der Waals surface area contributed by atoms with Crippen LogP contribution in [0.25, 0.3) is 11.6 Å². The molecule has 22 heavy (non-hydrogen) atoms. The van der Waals surface area contributed by atoms with Crippen molar-refractivity contribution in [1.29, 1.82) is 0 Å². The summed E-state index contributed by atoms with van der Waals surface area (Å²) in [6, 6.07) is 2.66. The second kappa shape index (κ2) is 6.65. The van der Waals surface area contributed by atoms with Gasteiger partial charge in [-0.1, -0.05) is 25.6 Å². The predicted molar refractivity (Wildman–Crippen MR) is 80.9 cm³/mol. The molecule has 118 valence electrons. The summed E-state index contributed by atoms with van der Waals surface area (Å²) in [4.78, 5) is 22.9. The number of carbonyl (C=O) groups is 2. The molecule has 0 bridgehead atoms. The molecule has 0 aliphatic heterocycles. The highest BCUT2D eigenvalue weighted by atomic mass is 32.2. The molecule has 2 heterocycles. The van der Waals surface area contributed by atoms with Crippen molar-refractivity contribution in [3.63, 3.8) is 0 Å². The number of hydrogen-bond acceptors (Lipinski definition) is 6. The molecular weight excluding hydrogens is 306 g/mol. The molecule has 2 rings (SSSR count). The number of furan rings is 1. The molecule has 0 aliphatic rings. The molecule has 1 atom stereocenters. The maximum Gasteiger partial charge on any atom is 0.318 e. The van der Waals surface area contributed by atoms with Crippen LogP contribution in [0.15, 0.2) is 28.0 Å².